The highest BCUT2D eigenvalue weighted by molar-refractivity contribution is 9.10. The summed E-state index contributed by atoms with van der Waals surface area (Å²) < 4.78 is 5.66. The molecule has 2 aliphatic rings. The summed E-state index contributed by atoms with van der Waals surface area (Å²) in [5, 5.41) is 63.8. The third kappa shape index (κ3) is 7.82. The zero-order valence-corrected chi connectivity index (χ0v) is 28.8. The van der Waals surface area contributed by atoms with E-state index in [2.05, 4.69) is 21.2 Å². The Labute approximate surface area is 297 Å². The summed E-state index contributed by atoms with van der Waals surface area (Å²) in [5.74, 6) is -2.43. The van der Waals surface area contributed by atoms with Gasteiger partial charge in [-0.3, -0.25) is 14.4 Å². The molecule has 0 unspecified atom stereocenters. The van der Waals surface area contributed by atoms with Crippen LogP contribution in [0.25, 0.3) is 0 Å². The summed E-state index contributed by atoms with van der Waals surface area (Å²) in [6, 6.07) is 21.0. The van der Waals surface area contributed by atoms with Gasteiger partial charge in [-0.05, 0) is 41.5 Å². The Morgan fingerprint density at radius 3 is 2.44 bits per heavy atom. The van der Waals surface area contributed by atoms with Gasteiger partial charge in [0.15, 0.2) is 18.0 Å². The van der Waals surface area contributed by atoms with Crippen LogP contribution in [0.2, 0.25) is 0 Å². The zero-order chi connectivity index (χ0) is 36.2. The number of anilines is 2. The van der Waals surface area contributed by atoms with Crippen molar-refractivity contribution < 1.29 is 49.8 Å². The fourth-order valence-corrected chi connectivity index (χ4v) is 6.52. The number of nitrogens with one attached hydrogen (secondary N) is 1. The molecule has 3 amide bonds. The normalized spacial score (nSPS) is 25.4. The SMILES string of the molecule is C[C@H](/C=C/CC(=O)N(CCO)Cc1ccccc1)[C@@]1(O)C(=O)N(Cc2cccc(NC(=O)[C@H]3O[C@@H](O)[C@H](O)[C@@H](O)[C@@H]3O)c2)c2ccc(Br)cc21. The van der Waals surface area contributed by atoms with Gasteiger partial charge >= 0.3 is 0 Å². The average Bonchev–Trinajstić information content (AvgIpc) is 3.31. The van der Waals surface area contributed by atoms with Crippen LogP contribution in [0, 0.1) is 5.92 Å². The minimum Gasteiger partial charge on any atom is -0.395 e. The molecular formula is C36H40BrN3O10. The first-order valence-corrected chi connectivity index (χ1v) is 16.9. The van der Waals surface area contributed by atoms with Crippen LogP contribution in [0.1, 0.15) is 30.0 Å². The number of aliphatic hydroxyl groups excluding tert-OH is 5. The van der Waals surface area contributed by atoms with E-state index in [4.69, 9.17) is 4.74 Å². The maximum absolute atomic E-state index is 14.1. The maximum atomic E-state index is 14.1. The molecule has 1 fully saturated rings. The number of amides is 3. The number of hydrogen-bond acceptors (Lipinski definition) is 10. The van der Waals surface area contributed by atoms with E-state index in [1.165, 1.54) is 4.90 Å². The number of nitrogens with zero attached hydrogens (tertiary/aromatic N) is 2. The lowest BCUT2D eigenvalue weighted by atomic mass is 9.83. The van der Waals surface area contributed by atoms with Gasteiger partial charge in [-0.15, -0.1) is 0 Å². The largest absolute Gasteiger partial charge is 0.395 e. The Hall–Kier alpha value is -3.99. The summed E-state index contributed by atoms with van der Waals surface area (Å²) in [5.41, 5.74) is 0.637. The molecule has 2 heterocycles. The van der Waals surface area contributed by atoms with E-state index in [9.17, 15) is 45.0 Å². The molecule has 266 valence electrons. The molecule has 1 saturated heterocycles. The highest BCUT2D eigenvalue weighted by Crippen LogP contribution is 2.46. The number of aliphatic hydroxyl groups is 6. The molecule has 2 aliphatic heterocycles. The molecule has 0 bridgehead atoms. The molecule has 13 nitrogen and oxygen atoms in total. The van der Waals surface area contributed by atoms with Crippen molar-refractivity contribution in [1.82, 2.24) is 4.90 Å². The summed E-state index contributed by atoms with van der Waals surface area (Å²) in [4.78, 5) is 43.0. The Balaban J connectivity index is 1.30. The molecule has 5 rings (SSSR count). The number of rotatable bonds is 12. The average molecular weight is 755 g/mol. The Bertz CT molecular complexity index is 1730. The number of halogens is 1. The van der Waals surface area contributed by atoms with Crippen molar-refractivity contribution in [3.8, 4) is 0 Å². The van der Waals surface area contributed by atoms with Crippen LogP contribution in [0.5, 0.6) is 0 Å². The van der Waals surface area contributed by atoms with Crippen LogP contribution < -0.4 is 10.2 Å². The van der Waals surface area contributed by atoms with Crippen molar-refractivity contribution in [2.75, 3.05) is 23.4 Å². The lowest BCUT2D eigenvalue weighted by Crippen LogP contribution is -2.60. The van der Waals surface area contributed by atoms with Gasteiger partial charge in [0.1, 0.15) is 18.3 Å². The third-order valence-electron chi connectivity index (χ3n) is 8.93. The van der Waals surface area contributed by atoms with Gasteiger partial charge in [0.05, 0.1) is 18.8 Å². The quantitative estimate of drug-likeness (QED) is 0.133. The zero-order valence-electron chi connectivity index (χ0n) is 27.2. The van der Waals surface area contributed by atoms with Gasteiger partial charge in [-0.25, -0.2) is 0 Å². The molecule has 14 heteroatoms. The molecule has 0 saturated carbocycles. The lowest BCUT2D eigenvalue weighted by Gasteiger charge is -2.37. The molecule has 3 aromatic carbocycles. The summed E-state index contributed by atoms with van der Waals surface area (Å²) >= 11 is 3.44. The van der Waals surface area contributed by atoms with Crippen LogP contribution in [0.4, 0.5) is 11.4 Å². The molecular weight excluding hydrogens is 714 g/mol. The van der Waals surface area contributed by atoms with Crippen molar-refractivity contribution in [2.24, 2.45) is 5.92 Å². The van der Waals surface area contributed by atoms with Crippen molar-refractivity contribution in [2.45, 2.75) is 62.7 Å². The fourth-order valence-electron chi connectivity index (χ4n) is 6.16. The summed E-state index contributed by atoms with van der Waals surface area (Å²) in [6.45, 7) is 2.00. The lowest BCUT2D eigenvalue weighted by molar-refractivity contribution is -0.274. The van der Waals surface area contributed by atoms with Crippen LogP contribution in [0.3, 0.4) is 0 Å². The summed E-state index contributed by atoms with van der Waals surface area (Å²) in [6.07, 6.45) is -5.69. The predicted octanol–water partition coefficient (Wildman–Crippen LogP) is 1.53. The second kappa shape index (κ2) is 15.9. The van der Waals surface area contributed by atoms with E-state index in [-0.39, 0.29) is 37.7 Å². The maximum Gasteiger partial charge on any atom is 0.264 e. The Morgan fingerprint density at radius 1 is 1.00 bits per heavy atom. The van der Waals surface area contributed by atoms with Crippen LogP contribution >= 0.6 is 15.9 Å². The highest BCUT2D eigenvalue weighted by Gasteiger charge is 2.52. The standard InChI is InChI=1S/C36H40BrN3O10/c1-21(7-5-12-28(42)39(15-16-41)19-22-8-3-2-4-9-22)36(49)26-18-24(37)13-14-27(26)40(35(36)48)20-23-10-6-11-25(17-23)38-33(46)32-30(44)29(43)31(45)34(47)50-32/h2-11,13-14,17-18,21,29-32,34,41,43-45,47,49H,12,15-16,19-20H2,1H3,(H,38,46)/b7-5+/t21-,29+,30+,31-,32+,34-,36+/m1/s1. The molecule has 7 atom stereocenters. The number of carbonyl (C=O) groups is 3. The van der Waals surface area contributed by atoms with Crippen LogP contribution in [0.15, 0.2) is 89.4 Å². The molecule has 50 heavy (non-hydrogen) atoms. The number of hydrogen-bond donors (Lipinski definition) is 7. The first-order chi connectivity index (χ1) is 23.8. The topological polar surface area (TPSA) is 200 Å². The van der Waals surface area contributed by atoms with Gasteiger partial charge in [0, 0.05) is 41.2 Å². The smallest absolute Gasteiger partial charge is 0.264 e. The molecule has 3 aromatic rings. The number of benzene rings is 3. The van der Waals surface area contributed by atoms with Crippen LogP contribution in [-0.4, -0.2) is 97.1 Å². The van der Waals surface area contributed by atoms with E-state index >= 15 is 0 Å². The second-order valence-corrected chi connectivity index (χ2v) is 13.3. The first-order valence-electron chi connectivity index (χ1n) is 16.1. The molecule has 0 spiro atoms. The summed E-state index contributed by atoms with van der Waals surface area (Å²) in [7, 11) is 0. The van der Waals surface area contributed by atoms with E-state index in [0.29, 0.717) is 27.8 Å². The number of carbonyl (C=O) groups excluding carboxylic acids is 3. The van der Waals surface area contributed by atoms with Crippen molar-refractivity contribution in [3.63, 3.8) is 0 Å². The van der Waals surface area contributed by atoms with Gasteiger partial charge in [-0.2, -0.15) is 0 Å². The minimum atomic E-state index is -1.97. The first kappa shape index (κ1) is 37.3. The van der Waals surface area contributed by atoms with E-state index in [1.54, 1.807) is 66.4 Å². The highest BCUT2D eigenvalue weighted by atomic mass is 79.9. The molecule has 0 aliphatic carbocycles. The number of fused-ring (bicyclic) bond motifs is 1. The van der Waals surface area contributed by atoms with Gasteiger partial charge < -0.3 is 50.5 Å². The van der Waals surface area contributed by atoms with Crippen molar-refractivity contribution >= 4 is 45.0 Å². The van der Waals surface area contributed by atoms with E-state index in [0.717, 1.165) is 5.56 Å². The van der Waals surface area contributed by atoms with Gasteiger partial charge in [0.2, 0.25) is 5.91 Å². The van der Waals surface area contributed by atoms with Crippen molar-refractivity contribution in [3.05, 3.63) is 106 Å². The van der Waals surface area contributed by atoms with E-state index < -0.39 is 54.0 Å². The van der Waals surface area contributed by atoms with Gasteiger partial charge in [-0.1, -0.05) is 77.5 Å². The van der Waals surface area contributed by atoms with Crippen molar-refractivity contribution in [1.29, 1.82) is 0 Å². The van der Waals surface area contributed by atoms with E-state index in [1.807, 2.05) is 30.3 Å². The number of ether oxygens (including phenoxy) is 1. The Kier molecular flexibility index (Phi) is 11.9. The third-order valence-corrected chi connectivity index (χ3v) is 9.42. The molecule has 0 radical (unpaired) electrons. The predicted molar refractivity (Wildman–Crippen MR) is 185 cm³/mol. The Morgan fingerprint density at radius 2 is 1.72 bits per heavy atom. The molecule has 7 N–H and O–H groups in total. The monoisotopic (exact) mass is 753 g/mol. The van der Waals surface area contributed by atoms with Crippen LogP contribution in [-0.2, 0) is 37.8 Å². The second-order valence-electron chi connectivity index (χ2n) is 12.4. The molecule has 0 aromatic heterocycles. The fraction of sp³-hybridized carbons (Fsp3) is 0.361. The van der Waals surface area contributed by atoms with Gasteiger partial charge in [0.25, 0.3) is 11.8 Å². The minimum absolute atomic E-state index is 0.00353.